The second kappa shape index (κ2) is 10.4. The molecule has 4 aromatic rings. The Labute approximate surface area is 225 Å². The van der Waals surface area contributed by atoms with Crippen LogP contribution >= 0.6 is 0 Å². The third-order valence-corrected chi connectivity index (χ3v) is 7.47. The molecule has 0 aliphatic carbocycles. The first kappa shape index (κ1) is 24.9. The van der Waals surface area contributed by atoms with E-state index in [1.807, 2.05) is 48.2 Å². The minimum Gasteiger partial charge on any atom is -0.497 e. The van der Waals surface area contributed by atoms with Gasteiger partial charge in [-0.15, -0.1) is 0 Å². The van der Waals surface area contributed by atoms with E-state index < -0.39 is 0 Å². The van der Waals surface area contributed by atoms with E-state index in [9.17, 15) is 9.90 Å². The summed E-state index contributed by atoms with van der Waals surface area (Å²) in [6.45, 7) is 4.01. The number of aliphatic hydroxyl groups is 1. The van der Waals surface area contributed by atoms with Crippen LogP contribution in [0.4, 0.5) is 16.3 Å². The number of piperidine rings is 1. The molecule has 4 heterocycles. The highest BCUT2D eigenvalue weighted by molar-refractivity contribution is 5.91. The van der Waals surface area contributed by atoms with Crippen LogP contribution in [0.5, 0.6) is 17.4 Å². The van der Waals surface area contributed by atoms with Gasteiger partial charge in [0.05, 0.1) is 18.1 Å². The molecule has 0 saturated carbocycles. The van der Waals surface area contributed by atoms with Crippen LogP contribution in [0, 0.1) is 6.92 Å². The number of aromatic nitrogens is 4. The van der Waals surface area contributed by atoms with Gasteiger partial charge in [-0.3, -0.25) is 0 Å². The molecule has 1 fully saturated rings. The lowest BCUT2D eigenvalue weighted by molar-refractivity contribution is 0.177. The molecule has 2 aromatic carbocycles. The average molecular weight is 530 g/mol. The Kier molecular flexibility index (Phi) is 6.65. The van der Waals surface area contributed by atoms with Crippen molar-refractivity contribution in [2.45, 2.75) is 38.8 Å². The minimum absolute atomic E-state index is 0.0503. The number of aromatic amines is 1. The number of urea groups is 1. The molecular weight excluding hydrogens is 498 g/mol. The smallest absolute Gasteiger partial charge is 0.322 e. The zero-order valence-electron chi connectivity index (χ0n) is 22.0. The van der Waals surface area contributed by atoms with Gasteiger partial charge in [0.25, 0.3) is 0 Å². The Morgan fingerprint density at radius 2 is 1.92 bits per heavy atom. The third-order valence-electron chi connectivity index (χ3n) is 7.47. The van der Waals surface area contributed by atoms with Gasteiger partial charge in [0, 0.05) is 43.5 Å². The van der Waals surface area contributed by atoms with Gasteiger partial charge in [0.2, 0.25) is 5.88 Å². The summed E-state index contributed by atoms with van der Waals surface area (Å²) >= 11 is 0. The first-order valence-electron chi connectivity index (χ1n) is 13.1. The van der Waals surface area contributed by atoms with Crippen LogP contribution in [0.2, 0.25) is 0 Å². The Bertz CT molecular complexity index is 1510. The second-order valence-corrected chi connectivity index (χ2v) is 9.91. The number of ether oxygens (including phenoxy) is 2. The highest BCUT2D eigenvalue weighted by Gasteiger charge is 2.30. The summed E-state index contributed by atoms with van der Waals surface area (Å²) < 4.78 is 11.4. The fourth-order valence-corrected chi connectivity index (χ4v) is 5.43. The molecule has 3 N–H and O–H groups in total. The highest BCUT2D eigenvalue weighted by atomic mass is 16.5. The number of methoxy groups -OCH3 is 1. The van der Waals surface area contributed by atoms with Crippen molar-refractivity contribution in [2.75, 3.05) is 37.0 Å². The summed E-state index contributed by atoms with van der Waals surface area (Å²) in [6.07, 6.45) is 3.98. The normalized spacial score (nSPS) is 16.1. The first-order chi connectivity index (χ1) is 19.0. The number of carbonyl (C=O) groups excluding carboxylic acids is 1. The van der Waals surface area contributed by atoms with Crippen LogP contribution in [-0.2, 0) is 13.0 Å². The van der Waals surface area contributed by atoms with Crippen molar-refractivity contribution in [3.63, 3.8) is 0 Å². The van der Waals surface area contributed by atoms with Crippen LogP contribution in [0.25, 0.3) is 11.0 Å². The molecule has 6 rings (SSSR count). The topological polar surface area (TPSA) is 129 Å². The maximum atomic E-state index is 13.0. The van der Waals surface area contributed by atoms with Crippen LogP contribution in [0.3, 0.4) is 0 Å². The Hall–Kier alpha value is -4.38. The number of carbonyl (C=O) groups is 1. The van der Waals surface area contributed by atoms with E-state index in [-0.39, 0.29) is 18.7 Å². The van der Waals surface area contributed by atoms with Gasteiger partial charge in [-0.2, -0.15) is 0 Å². The molecule has 0 radical (unpaired) electrons. The van der Waals surface area contributed by atoms with Crippen LogP contribution in [0.1, 0.15) is 29.8 Å². The van der Waals surface area contributed by atoms with Crippen LogP contribution in [0.15, 0.2) is 42.7 Å². The van der Waals surface area contributed by atoms with Crippen molar-refractivity contribution in [1.82, 2.24) is 24.8 Å². The number of amides is 2. The predicted octanol–water partition coefficient (Wildman–Crippen LogP) is 4.01. The lowest BCUT2D eigenvalue weighted by Crippen LogP contribution is -2.49. The van der Waals surface area contributed by atoms with Crippen LogP contribution < -0.4 is 19.7 Å². The molecule has 0 spiro atoms. The number of nitrogens with zero attached hydrogens (tertiary/aromatic N) is 5. The van der Waals surface area contributed by atoms with Gasteiger partial charge in [-0.05, 0) is 61.6 Å². The molecule has 11 heteroatoms. The zero-order chi connectivity index (χ0) is 26.9. The van der Waals surface area contributed by atoms with Crippen molar-refractivity contribution in [3.05, 3.63) is 59.7 Å². The largest absolute Gasteiger partial charge is 0.497 e. The van der Waals surface area contributed by atoms with Gasteiger partial charge in [0.15, 0.2) is 0 Å². The van der Waals surface area contributed by atoms with Crippen molar-refractivity contribution >= 4 is 28.6 Å². The lowest BCUT2D eigenvalue weighted by Gasteiger charge is -2.38. The number of fused-ring (bicyclic) bond motifs is 2. The number of rotatable bonds is 6. The lowest BCUT2D eigenvalue weighted by atomic mass is 10.0. The van der Waals surface area contributed by atoms with Gasteiger partial charge >= 0.3 is 6.03 Å². The molecule has 202 valence electrons. The maximum absolute atomic E-state index is 13.0. The standard InChI is InChI=1S/C28H31N7O4/c1-17-11-21(13-23-27(17)33-24(15-36)31-23)39-26-14-25(29-16-30-26)34-8-6-19(7-9-34)35-10-5-18-12-20(38-2)3-4-22(18)32-28(35)37/h3-4,11-14,16,19,36H,5-10,15H2,1-2H3,(H,31,33)(H,32,37). The summed E-state index contributed by atoms with van der Waals surface area (Å²) in [7, 11) is 1.65. The summed E-state index contributed by atoms with van der Waals surface area (Å²) in [4.78, 5) is 33.5. The number of aliphatic hydroxyl groups excluding tert-OH is 1. The number of benzene rings is 2. The summed E-state index contributed by atoms with van der Waals surface area (Å²) in [5, 5.41) is 12.5. The summed E-state index contributed by atoms with van der Waals surface area (Å²) in [5.74, 6) is 3.18. The van der Waals surface area contributed by atoms with Gasteiger partial charge in [0.1, 0.15) is 36.1 Å². The number of aryl methyl sites for hydroxylation is 1. The van der Waals surface area contributed by atoms with Gasteiger partial charge in [-0.25, -0.2) is 19.7 Å². The molecule has 1 saturated heterocycles. The zero-order valence-corrected chi connectivity index (χ0v) is 22.0. The quantitative estimate of drug-likeness (QED) is 0.342. The van der Waals surface area contributed by atoms with E-state index in [2.05, 4.69) is 30.2 Å². The number of imidazole rings is 1. The fourth-order valence-electron chi connectivity index (χ4n) is 5.43. The molecule has 0 unspecified atom stereocenters. The minimum atomic E-state index is -0.151. The highest BCUT2D eigenvalue weighted by Crippen LogP contribution is 2.30. The van der Waals surface area contributed by atoms with Gasteiger partial charge < -0.3 is 34.7 Å². The van der Waals surface area contributed by atoms with E-state index in [0.717, 1.165) is 71.8 Å². The van der Waals surface area contributed by atoms with E-state index in [1.165, 1.54) is 6.33 Å². The molecular formula is C28H31N7O4. The molecule has 0 atom stereocenters. The Balaban J connectivity index is 1.10. The van der Waals surface area contributed by atoms with Crippen molar-refractivity contribution < 1.29 is 19.4 Å². The molecule has 2 aromatic heterocycles. The van der Waals surface area contributed by atoms with Crippen molar-refractivity contribution in [1.29, 1.82) is 0 Å². The number of anilines is 2. The average Bonchev–Trinajstić information content (AvgIpc) is 3.30. The summed E-state index contributed by atoms with van der Waals surface area (Å²) in [5.41, 5.74) is 4.48. The maximum Gasteiger partial charge on any atom is 0.322 e. The summed E-state index contributed by atoms with van der Waals surface area (Å²) in [6, 6.07) is 11.5. The van der Waals surface area contributed by atoms with E-state index in [0.29, 0.717) is 24.0 Å². The van der Waals surface area contributed by atoms with Crippen LogP contribution in [-0.4, -0.2) is 68.8 Å². The Morgan fingerprint density at radius 3 is 2.72 bits per heavy atom. The van der Waals surface area contributed by atoms with Crippen molar-refractivity contribution in [3.8, 4) is 17.4 Å². The molecule has 2 aliphatic rings. The monoisotopic (exact) mass is 529 g/mol. The Morgan fingerprint density at radius 1 is 1.08 bits per heavy atom. The van der Waals surface area contributed by atoms with E-state index in [1.54, 1.807) is 7.11 Å². The van der Waals surface area contributed by atoms with E-state index >= 15 is 0 Å². The predicted molar refractivity (Wildman–Crippen MR) is 147 cm³/mol. The molecule has 0 bridgehead atoms. The van der Waals surface area contributed by atoms with Crippen molar-refractivity contribution in [2.24, 2.45) is 0 Å². The number of H-pyrrole nitrogens is 1. The molecule has 11 nitrogen and oxygen atoms in total. The van der Waals surface area contributed by atoms with Gasteiger partial charge in [-0.1, -0.05) is 0 Å². The SMILES string of the molecule is COc1ccc2c(c1)CCN(C1CCN(c3cc(Oc4cc(C)c5nc(CO)[nH]c5c4)ncn3)CC1)C(=O)N2. The van der Waals surface area contributed by atoms with E-state index in [4.69, 9.17) is 9.47 Å². The fraction of sp³-hybridized carbons (Fsp3) is 0.357. The first-order valence-corrected chi connectivity index (χ1v) is 13.1. The number of nitrogens with one attached hydrogen (secondary N) is 2. The third kappa shape index (κ3) is 5.05. The second-order valence-electron chi connectivity index (χ2n) is 9.91. The molecule has 2 aliphatic heterocycles. The number of hydrogen-bond acceptors (Lipinski definition) is 8. The molecule has 39 heavy (non-hydrogen) atoms. The number of hydrogen-bond donors (Lipinski definition) is 3. The molecule has 2 amide bonds.